The Hall–Kier alpha value is -1.35. The van der Waals surface area contributed by atoms with Gasteiger partial charge in [-0.3, -0.25) is 10.1 Å². The molecule has 110 valence electrons. The first-order valence-corrected chi connectivity index (χ1v) is 7.87. The molecule has 7 nitrogen and oxygen atoms in total. The molecule has 1 heterocycles. The molecular weight excluding hydrogens is 300 g/mol. The molecule has 0 aliphatic rings. The monoisotopic (exact) mass is 316 g/mol. The Labute approximate surface area is 125 Å². The summed E-state index contributed by atoms with van der Waals surface area (Å²) in [5, 5.41) is 22.5. The standard InChI is InChI=1S/C11H16N4O3S2/c1-4-9(7(2)15(17)18)5-10(14-16)6-19-11-13-12-8(3)20-11/h5,7,10H,4,6H2,1-3H3. The van der Waals surface area contributed by atoms with Gasteiger partial charge in [-0.15, -0.1) is 10.2 Å². The first-order chi connectivity index (χ1) is 9.47. The molecule has 0 amide bonds. The zero-order valence-corrected chi connectivity index (χ0v) is 13.1. The number of aryl methyl sites for hydroxylation is 1. The second-order valence-corrected chi connectivity index (χ2v) is 6.58. The summed E-state index contributed by atoms with van der Waals surface area (Å²) in [5.41, 5.74) is 0.619. The van der Waals surface area contributed by atoms with Crippen LogP contribution in [0.2, 0.25) is 0 Å². The predicted octanol–water partition coefficient (Wildman–Crippen LogP) is 3.08. The van der Waals surface area contributed by atoms with Crippen LogP contribution < -0.4 is 0 Å². The fourth-order valence-corrected chi connectivity index (χ4v) is 3.32. The van der Waals surface area contributed by atoms with Crippen LogP contribution >= 0.6 is 23.1 Å². The molecule has 9 heteroatoms. The molecule has 2 atom stereocenters. The van der Waals surface area contributed by atoms with Crippen LogP contribution in [0.15, 0.2) is 21.2 Å². The number of thioether (sulfide) groups is 1. The first-order valence-electron chi connectivity index (χ1n) is 6.07. The van der Waals surface area contributed by atoms with Crippen molar-refractivity contribution in [1.82, 2.24) is 10.2 Å². The topological polar surface area (TPSA) is 98.3 Å². The molecule has 1 aromatic rings. The molecular formula is C11H16N4O3S2. The summed E-state index contributed by atoms with van der Waals surface area (Å²) < 4.78 is 0.768. The maximum absolute atomic E-state index is 10.9. The van der Waals surface area contributed by atoms with Crippen molar-refractivity contribution in [2.75, 3.05) is 5.75 Å². The lowest BCUT2D eigenvalue weighted by atomic mass is 10.0. The van der Waals surface area contributed by atoms with Gasteiger partial charge >= 0.3 is 0 Å². The Bertz CT molecular complexity index is 504. The van der Waals surface area contributed by atoms with E-state index in [9.17, 15) is 15.0 Å². The molecule has 0 fully saturated rings. The van der Waals surface area contributed by atoms with Crippen molar-refractivity contribution < 1.29 is 4.92 Å². The van der Waals surface area contributed by atoms with E-state index in [4.69, 9.17) is 0 Å². The number of aromatic nitrogens is 2. The van der Waals surface area contributed by atoms with Gasteiger partial charge in [0.15, 0.2) is 4.34 Å². The van der Waals surface area contributed by atoms with Gasteiger partial charge in [0.2, 0.25) is 6.04 Å². The summed E-state index contributed by atoms with van der Waals surface area (Å²) >= 11 is 2.83. The molecule has 0 spiro atoms. The van der Waals surface area contributed by atoms with Gasteiger partial charge in [-0.25, -0.2) is 0 Å². The van der Waals surface area contributed by atoms with Gasteiger partial charge in [0.1, 0.15) is 11.0 Å². The second-order valence-electron chi connectivity index (χ2n) is 4.13. The molecule has 0 aromatic carbocycles. The van der Waals surface area contributed by atoms with E-state index in [-0.39, 0.29) is 4.92 Å². The molecule has 20 heavy (non-hydrogen) atoms. The molecule has 0 bridgehead atoms. The summed E-state index contributed by atoms with van der Waals surface area (Å²) in [4.78, 5) is 21.3. The maximum atomic E-state index is 10.9. The van der Waals surface area contributed by atoms with Gasteiger partial charge in [0.05, 0.1) is 0 Å². The van der Waals surface area contributed by atoms with Crippen LogP contribution in [-0.2, 0) is 0 Å². The van der Waals surface area contributed by atoms with Crippen molar-refractivity contribution in [1.29, 1.82) is 0 Å². The Morgan fingerprint density at radius 1 is 1.60 bits per heavy atom. The normalized spacial score (nSPS) is 14.8. The number of nitroso groups, excluding NO2 is 1. The van der Waals surface area contributed by atoms with Crippen LogP contribution in [-0.4, -0.2) is 33.0 Å². The third-order valence-electron chi connectivity index (χ3n) is 2.69. The Morgan fingerprint density at radius 3 is 2.75 bits per heavy atom. The average Bonchev–Trinajstić information content (AvgIpc) is 2.84. The molecule has 0 aliphatic heterocycles. The van der Waals surface area contributed by atoms with Crippen molar-refractivity contribution in [2.24, 2.45) is 5.18 Å². The molecule has 0 N–H and O–H groups in total. The van der Waals surface area contributed by atoms with Crippen LogP contribution in [0.5, 0.6) is 0 Å². The average molecular weight is 316 g/mol. The molecule has 0 saturated carbocycles. The molecule has 2 unspecified atom stereocenters. The van der Waals surface area contributed by atoms with Crippen molar-refractivity contribution in [2.45, 2.75) is 43.6 Å². The number of hydrogen-bond donors (Lipinski definition) is 0. The quantitative estimate of drug-likeness (QED) is 0.240. The number of hydrogen-bond acceptors (Lipinski definition) is 8. The highest BCUT2D eigenvalue weighted by atomic mass is 32.2. The highest BCUT2D eigenvalue weighted by Gasteiger charge is 2.20. The summed E-state index contributed by atoms with van der Waals surface area (Å²) in [6.45, 7) is 5.19. The van der Waals surface area contributed by atoms with Crippen LogP contribution in [0.25, 0.3) is 0 Å². The van der Waals surface area contributed by atoms with Gasteiger partial charge in [-0.05, 0) is 19.4 Å². The lowest BCUT2D eigenvalue weighted by Gasteiger charge is -2.09. The lowest BCUT2D eigenvalue weighted by molar-refractivity contribution is -0.508. The molecule has 0 radical (unpaired) electrons. The highest BCUT2D eigenvalue weighted by Crippen LogP contribution is 2.24. The van der Waals surface area contributed by atoms with Crippen molar-refractivity contribution in [3.63, 3.8) is 0 Å². The number of nitro groups is 1. The van der Waals surface area contributed by atoms with Crippen LogP contribution in [0, 0.1) is 21.9 Å². The summed E-state index contributed by atoms with van der Waals surface area (Å²) in [6.07, 6.45) is 2.12. The van der Waals surface area contributed by atoms with Gasteiger partial charge < -0.3 is 0 Å². The zero-order chi connectivity index (χ0) is 15.1. The van der Waals surface area contributed by atoms with E-state index in [1.54, 1.807) is 6.08 Å². The van der Waals surface area contributed by atoms with E-state index in [2.05, 4.69) is 15.4 Å². The minimum atomic E-state index is -0.793. The smallest absolute Gasteiger partial charge is 0.231 e. The van der Waals surface area contributed by atoms with Crippen molar-refractivity contribution in [3.8, 4) is 0 Å². The largest absolute Gasteiger partial charge is 0.264 e. The zero-order valence-electron chi connectivity index (χ0n) is 11.5. The Balaban J connectivity index is 2.69. The van der Waals surface area contributed by atoms with E-state index in [1.165, 1.54) is 30.0 Å². The summed E-state index contributed by atoms with van der Waals surface area (Å²) in [6, 6.07) is -1.39. The van der Waals surface area contributed by atoms with E-state index in [0.29, 0.717) is 17.7 Å². The summed E-state index contributed by atoms with van der Waals surface area (Å²) in [5.74, 6) is 0.409. The third-order valence-corrected chi connectivity index (χ3v) is 4.76. The number of nitrogens with zero attached hydrogens (tertiary/aromatic N) is 4. The lowest BCUT2D eigenvalue weighted by Crippen LogP contribution is -2.19. The summed E-state index contributed by atoms with van der Waals surface area (Å²) in [7, 11) is 0. The van der Waals surface area contributed by atoms with E-state index in [1.807, 2.05) is 13.8 Å². The van der Waals surface area contributed by atoms with Gasteiger partial charge in [-0.2, -0.15) is 4.91 Å². The van der Waals surface area contributed by atoms with E-state index >= 15 is 0 Å². The van der Waals surface area contributed by atoms with Crippen molar-refractivity contribution in [3.05, 3.63) is 31.7 Å². The maximum Gasteiger partial charge on any atom is 0.231 e. The molecule has 1 rings (SSSR count). The minimum absolute atomic E-state index is 0.363. The van der Waals surface area contributed by atoms with Gasteiger partial charge in [0.25, 0.3) is 0 Å². The minimum Gasteiger partial charge on any atom is -0.264 e. The highest BCUT2D eigenvalue weighted by molar-refractivity contribution is 8.01. The van der Waals surface area contributed by atoms with Crippen LogP contribution in [0.1, 0.15) is 25.3 Å². The van der Waals surface area contributed by atoms with E-state index in [0.717, 1.165) is 9.35 Å². The fraction of sp³-hybridized carbons (Fsp3) is 0.636. The van der Waals surface area contributed by atoms with E-state index < -0.39 is 12.1 Å². The fourth-order valence-electron chi connectivity index (χ4n) is 1.54. The van der Waals surface area contributed by atoms with Crippen LogP contribution in [0.4, 0.5) is 0 Å². The first kappa shape index (κ1) is 16.7. The van der Waals surface area contributed by atoms with Crippen LogP contribution in [0.3, 0.4) is 0 Å². The second kappa shape index (κ2) is 8.05. The number of rotatable bonds is 8. The molecule has 0 aliphatic carbocycles. The molecule has 1 aromatic heterocycles. The third kappa shape index (κ3) is 4.97. The Morgan fingerprint density at radius 2 is 2.30 bits per heavy atom. The van der Waals surface area contributed by atoms with Gasteiger partial charge in [0, 0.05) is 23.2 Å². The molecule has 0 saturated heterocycles. The predicted molar refractivity (Wildman–Crippen MR) is 79.8 cm³/mol. The Kier molecular flexibility index (Phi) is 6.73. The van der Waals surface area contributed by atoms with Gasteiger partial charge in [-0.1, -0.05) is 35.2 Å². The van der Waals surface area contributed by atoms with Crippen molar-refractivity contribution >= 4 is 23.1 Å². The SMILES string of the molecule is CCC(=CC(CSc1nnc(C)s1)N=O)C(C)[N+](=O)[O-].